The highest BCUT2D eigenvalue weighted by Crippen LogP contribution is 2.24. The summed E-state index contributed by atoms with van der Waals surface area (Å²) in [6, 6.07) is 0. The lowest BCUT2D eigenvalue weighted by atomic mass is 9.94. The predicted octanol–water partition coefficient (Wildman–Crippen LogP) is 3.42. The molecule has 1 N–H and O–H groups in total. The summed E-state index contributed by atoms with van der Waals surface area (Å²) in [7, 11) is 0. The van der Waals surface area contributed by atoms with Crippen LogP contribution in [0.1, 0.15) is 71.6 Å². The lowest BCUT2D eigenvalue weighted by Gasteiger charge is -2.25. The largest absolute Gasteiger partial charge is 0.464 e. The van der Waals surface area contributed by atoms with E-state index in [1.54, 1.807) is 0 Å². The summed E-state index contributed by atoms with van der Waals surface area (Å²) >= 11 is 0. The van der Waals surface area contributed by atoms with Gasteiger partial charge in [0.1, 0.15) is 5.54 Å². The van der Waals surface area contributed by atoms with Gasteiger partial charge in [0.15, 0.2) is 0 Å². The molecule has 106 valence electrons. The highest BCUT2D eigenvalue weighted by molar-refractivity contribution is 5.81. The van der Waals surface area contributed by atoms with Crippen LogP contribution in [-0.4, -0.2) is 24.7 Å². The lowest BCUT2D eigenvalue weighted by molar-refractivity contribution is -0.151. The van der Waals surface area contributed by atoms with Gasteiger partial charge in [-0.15, -0.1) is 0 Å². The molecule has 0 amide bonds. The minimum Gasteiger partial charge on any atom is -0.464 e. The Morgan fingerprint density at radius 1 is 1.17 bits per heavy atom. The molecule has 1 rings (SSSR count). The van der Waals surface area contributed by atoms with Crippen LogP contribution < -0.4 is 5.32 Å². The molecule has 3 heteroatoms. The molecule has 0 bridgehead atoms. The standard InChI is InChI=1S/C15H29NO2/c1-3-5-6-7-8-9-13-18-14(17)15(4-2)11-10-12-16-15/h16H,3-13H2,1-2H3. The third-order valence-electron chi connectivity index (χ3n) is 3.97. The van der Waals surface area contributed by atoms with Crippen LogP contribution in [0.25, 0.3) is 0 Å². The second kappa shape index (κ2) is 8.52. The van der Waals surface area contributed by atoms with Crippen LogP contribution in [0.3, 0.4) is 0 Å². The first-order valence-electron chi connectivity index (χ1n) is 7.67. The van der Waals surface area contributed by atoms with Gasteiger partial charge in [0.25, 0.3) is 0 Å². The number of hydrogen-bond donors (Lipinski definition) is 1. The number of ether oxygens (including phenoxy) is 1. The molecule has 1 unspecified atom stereocenters. The van der Waals surface area contributed by atoms with Gasteiger partial charge in [-0.2, -0.15) is 0 Å². The van der Waals surface area contributed by atoms with Crippen molar-refractivity contribution in [2.45, 2.75) is 77.2 Å². The average Bonchev–Trinajstić information content (AvgIpc) is 2.87. The summed E-state index contributed by atoms with van der Waals surface area (Å²) in [4.78, 5) is 12.0. The van der Waals surface area contributed by atoms with Gasteiger partial charge in [0.05, 0.1) is 6.61 Å². The molecular weight excluding hydrogens is 226 g/mol. The van der Waals surface area contributed by atoms with Crippen molar-refractivity contribution in [2.75, 3.05) is 13.2 Å². The number of carbonyl (C=O) groups is 1. The van der Waals surface area contributed by atoms with Gasteiger partial charge in [-0.05, 0) is 32.2 Å². The van der Waals surface area contributed by atoms with E-state index in [1.807, 2.05) is 0 Å². The summed E-state index contributed by atoms with van der Waals surface area (Å²) in [5.41, 5.74) is -0.373. The van der Waals surface area contributed by atoms with E-state index in [0.717, 1.165) is 32.2 Å². The minimum absolute atomic E-state index is 0.0314. The Hall–Kier alpha value is -0.570. The maximum atomic E-state index is 12.0. The predicted molar refractivity (Wildman–Crippen MR) is 74.6 cm³/mol. The van der Waals surface area contributed by atoms with Gasteiger partial charge in [-0.1, -0.05) is 46.0 Å². The zero-order chi connectivity index (χ0) is 13.3. The molecule has 0 aromatic carbocycles. The normalized spacial score (nSPS) is 23.2. The van der Waals surface area contributed by atoms with Crippen molar-refractivity contribution in [3.63, 3.8) is 0 Å². The fourth-order valence-corrected chi connectivity index (χ4v) is 2.61. The molecule has 0 aliphatic carbocycles. The van der Waals surface area contributed by atoms with Crippen LogP contribution in [0.5, 0.6) is 0 Å². The Balaban J connectivity index is 2.09. The first kappa shape index (κ1) is 15.5. The van der Waals surface area contributed by atoms with Gasteiger partial charge >= 0.3 is 5.97 Å². The van der Waals surface area contributed by atoms with Crippen LogP contribution in [-0.2, 0) is 9.53 Å². The Bertz CT molecular complexity index is 235. The first-order chi connectivity index (χ1) is 8.75. The van der Waals surface area contributed by atoms with Crippen molar-refractivity contribution in [2.24, 2.45) is 0 Å². The molecule has 1 saturated heterocycles. The third-order valence-corrected chi connectivity index (χ3v) is 3.97. The molecule has 0 radical (unpaired) electrons. The second-order valence-electron chi connectivity index (χ2n) is 5.37. The zero-order valence-electron chi connectivity index (χ0n) is 12.1. The van der Waals surface area contributed by atoms with E-state index < -0.39 is 0 Å². The quantitative estimate of drug-likeness (QED) is 0.507. The van der Waals surface area contributed by atoms with Crippen LogP contribution in [0.2, 0.25) is 0 Å². The SMILES string of the molecule is CCCCCCCCOC(=O)C1(CC)CCCN1. The molecule has 0 aromatic rings. The number of carbonyl (C=O) groups excluding carboxylic acids is 1. The number of esters is 1. The molecule has 18 heavy (non-hydrogen) atoms. The van der Waals surface area contributed by atoms with Gasteiger partial charge < -0.3 is 10.1 Å². The summed E-state index contributed by atoms with van der Waals surface area (Å²) in [5.74, 6) is -0.0314. The monoisotopic (exact) mass is 255 g/mol. The van der Waals surface area contributed by atoms with E-state index in [-0.39, 0.29) is 11.5 Å². The molecule has 3 nitrogen and oxygen atoms in total. The first-order valence-corrected chi connectivity index (χ1v) is 7.67. The van der Waals surface area contributed by atoms with Gasteiger partial charge in [-0.25, -0.2) is 0 Å². The van der Waals surface area contributed by atoms with E-state index in [2.05, 4.69) is 19.2 Å². The lowest BCUT2D eigenvalue weighted by Crippen LogP contribution is -2.48. The van der Waals surface area contributed by atoms with Crippen LogP contribution in [0.15, 0.2) is 0 Å². The number of nitrogens with one attached hydrogen (secondary N) is 1. The Morgan fingerprint density at radius 3 is 2.50 bits per heavy atom. The topological polar surface area (TPSA) is 38.3 Å². The third kappa shape index (κ3) is 4.60. The maximum Gasteiger partial charge on any atom is 0.326 e. The molecule has 1 aliphatic heterocycles. The molecular formula is C15H29NO2. The summed E-state index contributed by atoms with van der Waals surface area (Å²) < 4.78 is 5.43. The second-order valence-corrected chi connectivity index (χ2v) is 5.37. The molecule has 0 aromatic heterocycles. The van der Waals surface area contributed by atoms with Crippen molar-refractivity contribution in [1.29, 1.82) is 0 Å². The van der Waals surface area contributed by atoms with Crippen LogP contribution in [0.4, 0.5) is 0 Å². The van der Waals surface area contributed by atoms with E-state index >= 15 is 0 Å². The zero-order valence-corrected chi connectivity index (χ0v) is 12.1. The molecule has 1 heterocycles. The van der Waals surface area contributed by atoms with Crippen molar-refractivity contribution in [3.05, 3.63) is 0 Å². The van der Waals surface area contributed by atoms with Crippen molar-refractivity contribution >= 4 is 5.97 Å². The van der Waals surface area contributed by atoms with Gasteiger partial charge in [0.2, 0.25) is 0 Å². The fourth-order valence-electron chi connectivity index (χ4n) is 2.61. The van der Waals surface area contributed by atoms with Gasteiger partial charge in [-0.3, -0.25) is 4.79 Å². The van der Waals surface area contributed by atoms with Gasteiger partial charge in [0, 0.05) is 0 Å². The Labute approximate surface area is 112 Å². The Morgan fingerprint density at radius 2 is 1.89 bits per heavy atom. The van der Waals surface area contributed by atoms with Crippen LogP contribution >= 0.6 is 0 Å². The van der Waals surface area contributed by atoms with E-state index in [9.17, 15) is 4.79 Å². The summed E-state index contributed by atoms with van der Waals surface area (Å²) in [6.45, 7) is 5.82. The van der Waals surface area contributed by atoms with E-state index in [1.165, 1.54) is 32.1 Å². The molecule has 1 aliphatic rings. The van der Waals surface area contributed by atoms with Crippen LogP contribution in [0, 0.1) is 0 Å². The minimum atomic E-state index is -0.373. The molecule has 0 spiro atoms. The van der Waals surface area contributed by atoms with E-state index in [0.29, 0.717) is 6.61 Å². The molecule has 0 saturated carbocycles. The highest BCUT2D eigenvalue weighted by Gasteiger charge is 2.40. The van der Waals surface area contributed by atoms with Crippen molar-refractivity contribution in [1.82, 2.24) is 5.32 Å². The summed E-state index contributed by atoms with van der Waals surface area (Å²) in [5, 5.41) is 3.31. The summed E-state index contributed by atoms with van der Waals surface area (Å²) in [6.07, 6.45) is 10.2. The van der Waals surface area contributed by atoms with E-state index in [4.69, 9.17) is 4.74 Å². The smallest absolute Gasteiger partial charge is 0.326 e. The number of rotatable bonds is 9. The molecule has 1 atom stereocenters. The highest BCUT2D eigenvalue weighted by atomic mass is 16.5. The van der Waals surface area contributed by atoms with Crippen molar-refractivity contribution < 1.29 is 9.53 Å². The fraction of sp³-hybridized carbons (Fsp3) is 0.933. The number of unbranched alkanes of at least 4 members (excludes halogenated alkanes) is 5. The van der Waals surface area contributed by atoms with Crippen molar-refractivity contribution in [3.8, 4) is 0 Å². The molecule has 1 fully saturated rings. The Kier molecular flexibility index (Phi) is 7.33. The maximum absolute atomic E-state index is 12.0. The number of hydrogen-bond acceptors (Lipinski definition) is 3. The average molecular weight is 255 g/mol.